The summed E-state index contributed by atoms with van der Waals surface area (Å²) in [6.45, 7) is 2.05. The van der Waals surface area contributed by atoms with Crippen molar-refractivity contribution >= 4 is 27.5 Å². The number of hydrogen-bond donors (Lipinski definition) is 0. The van der Waals surface area contributed by atoms with Crippen LogP contribution in [0.3, 0.4) is 0 Å². The molecule has 0 saturated carbocycles. The van der Waals surface area contributed by atoms with Crippen LogP contribution in [0.4, 0.5) is 5.69 Å². The second kappa shape index (κ2) is 7.34. The Morgan fingerprint density at radius 2 is 1.62 bits per heavy atom. The second-order valence-corrected chi connectivity index (χ2v) is 8.43. The van der Waals surface area contributed by atoms with Crippen molar-refractivity contribution in [2.75, 3.05) is 45.2 Å². The van der Waals surface area contributed by atoms with Gasteiger partial charge in [-0.1, -0.05) is 0 Å². The molecule has 26 heavy (non-hydrogen) atoms. The topological polar surface area (TPSA) is 87.2 Å². The Morgan fingerprint density at radius 1 is 1.00 bits per heavy atom. The van der Waals surface area contributed by atoms with Crippen molar-refractivity contribution in [1.82, 2.24) is 9.21 Å². The molecule has 2 fully saturated rings. The zero-order valence-corrected chi connectivity index (χ0v) is 15.8. The molecule has 0 N–H and O–H groups in total. The molecular weight excluding hydrogens is 358 g/mol. The van der Waals surface area contributed by atoms with Gasteiger partial charge in [0.05, 0.1) is 12.8 Å². The number of imide groups is 1. The number of piperazine rings is 1. The average Bonchev–Trinajstić information content (AvgIpc) is 2.62. The van der Waals surface area contributed by atoms with E-state index in [1.807, 2.05) is 7.05 Å². The minimum Gasteiger partial charge on any atom is -0.495 e. The predicted molar refractivity (Wildman–Crippen MR) is 95.6 cm³/mol. The van der Waals surface area contributed by atoms with Crippen LogP contribution in [-0.4, -0.2) is 69.8 Å². The quantitative estimate of drug-likeness (QED) is 0.713. The van der Waals surface area contributed by atoms with Gasteiger partial charge >= 0.3 is 0 Å². The summed E-state index contributed by atoms with van der Waals surface area (Å²) >= 11 is 0. The lowest BCUT2D eigenvalue weighted by atomic mass is 10.1. The van der Waals surface area contributed by atoms with Crippen molar-refractivity contribution in [2.45, 2.75) is 24.2 Å². The van der Waals surface area contributed by atoms with Crippen LogP contribution in [0, 0.1) is 0 Å². The Balaban J connectivity index is 2.00. The van der Waals surface area contributed by atoms with Gasteiger partial charge in [0.25, 0.3) is 0 Å². The SMILES string of the molecule is COc1ccc(N2C(=O)CCCC2=O)cc1S(=O)(=O)N1CCN(C)CC1. The molecule has 0 atom stereocenters. The van der Waals surface area contributed by atoms with Gasteiger partial charge in [0.1, 0.15) is 10.6 Å². The first-order chi connectivity index (χ1) is 12.3. The zero-order valence-electron chi connectivity index (χ0n) is 15.0. The van der Waals surface area contributed by atoms with E-state index in [9.17, 15) is 18.0 Å². The van der Waals surface area contributed by atoms with Crippen molar-refractivity contribution in [3.63, 3.8) is 0 Å². The lowest BCUT2D eigenvalue weighted by Crippen LogP contribution is -2.47. The molecule has 0 bridgehead atoms. The Morgan fingerprint density at radius 3 is 2.19 bits per heavy atom. The number of nitrogens with zero attached hydrogens (tertiary/aromatic N) is 3. The largest absolute Gasteiger partial charge is 0.495 e. The lowest BCUT2D eigenvalue weighted by molar-refractivity contribution is -0.129. The molecular formula is C17H23N3O5S. The molecule has 1 aromatic carbocycles. The summed E-state index contributed by atoms with van der Waals surface area (Å²) in [7, 11) is -0.451. The van der Waals surface area contributed by atoms with E-state index >= 15 is 0 Å². The Bertz CT molecular complexity index is 800. The fraction of sp³-hybridized carbons (Fsp3) is 0.529. The molecule has 2 saturated heterocycles. The van der Waals surface area contributed by atoms with Crippen molar-refractivity contribution in [1.29, 1.82) is 0 Å². The van der Waals surface area contributed by atoms with Gasteiger partial charge in [0.2, 0.25) is 21.8 Å². The minimum atomic E-state index is -3.79. The van der Waals surface area contributed by atoms with E-state index in [4.69, 9.17) is 4.74 Å². The molecule has 2 amide bonds. The molecule has 0 spiro atoms. The van der Waals surface area contributed by atoms with E-state index in [2.05, 4.69) is 4.90 Å². The molecule has 0 aliphatic carbocycles. The van der Waals surface area contributed by atoms with E-state index in [1.165, 1.54) is 23.5 Å². The van der Waals surface area contributed by atoms with Gasteiger partial charge in [-0.15, -0.1) is 0 Å². The molecule has 1 aromatic rings. The van der Waals surface area contributed by atoms with Crippen LogP contribution < -0.4 is 9.64 Å². The maximum Gasteiger partial charge on any atom is 0.246 e. The fourth-order valence-electron chi connectivity index (χ4n) is 3.22. The highest BCUT2D eigenvalue weighted by atomic mass is 32.2. The van der Waals surface area contributed by atoms with Gasteiger partial charge < -0.3 is 9.64 Å². The lowest BCUT2D eigenvalue weighted by Gasteiger charge is -2.32. The average molecular weight is 381 g/mol. The normalized spacial score (nSPS) is 20.5. The molecule has 0 aromatic heterocycles. The zero-order chi connectivity index (χ0) is 18.9. The molecule has 2 heterocycles. The summed E-state index contributed by atoms with van der Waals surface area (Å²) in [5.41, 5.74) is 0.271. The summed E-state index contributed by atoms with van der Waals surface area (Å²) in [5.74, 6) is -0.423. The Kier molecular flexibility index (Phi) is 5.31. The molecule has 8 nitrogen and oxygen atoms in total. The first-order valence-corrected chi connectivity index (χ1v) is 10.0. The van der Waals surface area contributed by atoms with Gasteiger partial charge in [0.15, 0.2) is 0 Å². The molecule has 0 unspecified atom stereocenters. The van der Waals surface area contributed by atoms with Crippen molar-refractivity contribution in [3.8, 4) is 5.75 Å². The third-order valence-electron chi connectivity index (χ3n) is 4.77. The molecule has 2 aliphatic heterocycles. The maximum absolute atomic E-state index is 13.1. The monoisotopic (exact) mass is 381 g/mol. The second-order valence-electron chi connectivity index (χ2n) is 6.52. The minimum absolute atomic E-state index is 0.0202. The highest BCUT2D eigenvalue weighted by Crippen LogP contribution is 2.33. The Labute approximate surface area is 153 Å². The molecule has 142 valence electrons. The van der Waals surface area contributed by atoms with E-state index < -0.39 is 10.0 Å². The maximum atomic E-state index is 13.1. The van der Waals surface area contributed by atoms with Crippen molar-refractivity contribution in [3.05, 3.63) is 18.2 Å². The van der Waals surface area contributed by atoms with Gasteiger partial charge in [0, 0.05) is 39.0 Å². The summed E-state index contributed by atoms with van der Waals surface area (Å²) in [4.78, 5) is 27.4. The van der Waals surface area contributed by atoms with Crippen molar-refractivity contribution < 1.29 is 22.7 Å². The predicted octanol–water partition coefficient (Wildman–Crippen LogP) is 0.675. The third kappa shape index (κ3) is 3.46. The van der Waals surface area contributed by atoms with Crippen LogP contribution in [-0.2, 0) is 19.6 Å². The van der Waals surface area contributed by atoms with Crippen LogP contribution in [0.25, 0.3) is 0 Å². The van der Waals surface area contributed by atoms with E-state index in [1.54, 1.807) is 6.07 Å². The number of benzene rings is 1. The van der Waals surface area contributed by atoms with Gasteiger partial charge in [-0.05, 0) is 31.7 Å². The smallest absolute Gasteiger partial charge is 0.246 e. The van der Waals surface area contributed by atoms with E-state index in [0.717, 1.165) is 4.90 Å². The fourth-order valence-corrected chi connectivity index (χ4v) is 4.81. The number of carbonyl (C=O) groups is 2. The summed E-state index contributed by atoms with van der Waals surface area (Å²) in [6, 6.07) is 4.41. The number of sulfonamides is 1. The van der Waals surface area contributed by atoms with Gasteiger partial charge in [-0.3, -0.25) is 14.5 Å². The Hall–Kier alpha value is -1.97. The number of carbonyl (C=O) groups excluding carboxylic acids is 2. The van der Waals surface area contributed by atoms with Gasteiger partial charge in [-0.25, -0.2) is 8.42 Å². The van der Waals surface area contributed by atoms with E-state index in [-0.39, 0.29) is 41.0 Å². The van der Waals surface area contributed by atoms with Crippen molar-refractivity contribution in [2.24, 2.45) is 0 Å². The van der Waals surface area contributed by atoms with Crippen LogP contribution in [0.2, 0.25) is 0 Å². The van der Waals surface area contributed by atoms with Crippen LogP contribution in [0.15, 0.2) is 23.1 Å². The van der Waals surface area contributed by atoms with Crippen LogP contribution >= 0.6 is 0 Å². The summed E-state index contributed by atoms with van der Waals surface area (Å²) < 4.78 is 32.9. The highest BCUT2D eigenvalue weighted by Gasteiger charge is 2.33. The van der Waals surface area contributed by atoms with Crippen LogP contribution in [0.5, 0.6) is 5.75 Å². The summed E-state index contributed by atoms with van der Waals surface area (Å²) in [5, 5.41) is 0. The highest BCUT2D eigenvalue weighted by molar-refractivity contribution is 7.89. The molecule has 3 rings (SSSR count). The van der Waals surface area contributed by atoms with Crippen LogP contribution in [0.1, 0.15) is 19.3 Å². The number of anilines is 1. The first kappa shape index (κ1) is 18.8. The molecule has 2 aliphatic rings. The summed E-state index contributed by atoms with van der Waals surface area (Å²) in [6.07, 6.45) is 1.08. The number of amides is 2. The number of methoxy groups -OCH3 is 1. The number of ether oxygens (including phenoxy) is 1. The third-order valence-corrected chi connectivity index (χ3v) is 6.69. The number of hydrogen-bond acceptors (Lipinski definition) is 6. The molecule has 0 radical (unpaired) electrons. The van der Waals surface area contributed by atoms with Gasteiger partial charge in [-0.2, -0.15) is 4.31 Å². The van der Waals surface area contributed by atoms with E-state index in [0.29, 0.717) is 32.6 Å². The first-order valence-electron chi connectivity index (χ1n) is 8.57. The number of rotatable bonds is 4. The standard InChI is InChI=1S/C17H23N3O5S/c1-18-8-10-19(11-9-18)26(23,24)15-12-13(6-7-14(15)25-2)20-16(21)4-3-5-17(20)22/h6-7,12H,3-5,8-11H2,1-2H3. The number of piperidine rings is 1. The molecule has 9 heteroatoms. The number of likely N-dealkylation sites (N-methyl/N-ethyl adjacent to an activating group) is 1.